The first-order valence-corrected chi connectivity index (χ1v) is 8.54. The van der Waals surface area contributed by atoms with E-state index in [0.29, 0.717) is 15.7 Å². The van der Waals surface area contributed by atoms with E-state index in [1.54, 1.807) is 24.3 Å². The molecule has 4 N–H and O–H groups in total. The van der Waals surface area contributed by atoms with E-state index in [2.05, 4.69) is 19.2 Å². The van der Waals surface area contributed by atoms with Crippen molar-refractivity contribution in [1.82, 2.24) is 5.32 Å². The van der Waals surface area contributed by atoms with Crippen LogP contribution in [0.1, 0.15) is 19.4 Å². The van der Waals surface area contributed by atoms with Crippen LogP contribution >= 0.6 is 23.2 Å². The van der Waals surface area contributed by atoms with Crippen LogP contribution in [0.5, 0.6) is 0 Å². The highest BCUT2D eigenvalue weighted by Crippen LogP contribution is 2.27. The number of halogens is 2. The number of carboxylic acids is 1. The fourth-order valence-corrected chi connectivity index (χ4v) is 2.56. The Labute approximate surface area is 152 Å². The van der Waals surface area contributed by atoms with Gasteiger partial charge >= 0.3 is 5.97 Å². The topological polar surface area (TPSA) is 65.9 Å². The summed E-state index contributed by atoms with van der Waals surface area (Å²) in [6.07, 6.45) is -0.0330. The van der Waals surface area contributed by atoms with Gasteiger partial charge in [0.15, 0.2) is 5.69 Å². The van der Waals surface area contributed by atoms with Crippen molar-refractivity contribution in [1.29, 1.82) is 0 Å². The Morgan fingerprint density at radius 2 is 1.62 bits per heavy atom. The van der Waals surface area contributed by atoms with Crippen molar-refractivity contribution in [3.05, 3.63) is 58.1 Å². The Hall–Kier alpha value is -1.59. The van der Waals surface area contributed by atoms with Gasteiger partial charge in [-0.2, -0.15) is 0 Å². The van der Waals surface area contributed by atoms with Crippen molar-refractivity contribution >= 4 is 40.5 Å². The molecule has 0 saturated carbocycles. The Kier molecular flexibility index (Phi) is 9.42. The highest BCUT2D eigenvalue weighted by Gasteiger charge is 2.14. The van der Waals surface area contributed by atoms with Crippen molar-refractivity contribution in [2.75, 3.05) is 13.1 Å². The molecule has 0 aliphatic rings. The SMILES string of the molecule is CCNCC.O=C(O)Cc1ccccc1[NH2+]c1c(Cl)cccc1Cl. The molecular formula is C18H23Cl2N2O2+. The van der Waals surface area contributed by atoms with Crippen molar-refractivity contribution in [3.8, 4) is 0 Å². The van der Waals surface area contributed by atoms with Crippen LogP contribution in [-0.2, 0) is 11.2 Å². The van der Waals surface area contributed by atoms with E-state index in [1.807, 2.05) is 23.5 Å². The van der Waals surface area contributed by atoms with Crippen LogP contribution in [0.25, 0.3) is 0 Å². The average Bonchev–Trinajstić information content (AvgIpc) is 2.53. The van der Waals surface area contributed by atoms with Gasteiger partial charge in [0.25, 0.3) is 0 Å². The molecule has 0 radical (unpaired) electrons. The number of benzene rings is 2. The number of hydrogen-bond acceptors (Lipinski definition) is 2. The summed E-state index contributed by atoms with van der Waals surface area (Å²) in [5.74, 6) is -0.869. The fraction of sp³-hybridized carbons (Fsp3) is 0.278. The summed E-state index contributed by atoms with van der Waals surface area (Å²) in [6, 6.07) is 12.6. The van der Waals surface area contributed by atoms with Gasteiger partial charge in [-0.1, -0.05) is 61.3 Å². The van der Waals surface area contributed by atoms with Crippen LogP contribution in [0, 0.1) is 0 Å². The van der Waals surface area contributed by atoms with Gasteiger partial charge in [0.05, 0.1) is 6.42 Å². The highest BCUT2D eigenvalue weighted by atomic mass is 35.5. The normalized spacial score (nSPS) is 10.0. The Balaban J connectivity index is 0.000000505. The Morgan fingerprint density at radius 1 is 1.04 bits per heavy atom. The van der Waals surface area contributed by atoms with E-state index in [1.165, 1.54) is 0 Å². The lowest BCUT2D eigenvalue weighted by Gasteiger charge is -2.08. The maximum absolute atomic E-state index is 10.8. The van der Waals surface area contributed by atoms with Gasteiger partial charge in [-0.25, -0.2) is 0 Å². The molecule has 6 heteroatoms. The number of quaternary nitrogens is 1. The van der Waals surface area contributed by atoms with E-state index in [4.69, 9.17) is 28.3 Å². The van der Waals surface area contributed by atoms with Gasteiger partial charge in [-0.3, -0.25) is 10.1 Å². The van der Waals surface area contributed by atoms with Crippen LogP contribution in [-0.4, -0.2) is 24.2 Å². The van der Waals surface area contributed by atoms with Crippen LogP contribution in [0.4, 0.5) is 11.4 Å². The minimum absolute atomic E-state index is 0.0330. The molecule has 2 aromatic rings. The number of para-hydroxylation sites is 2. The summed E-state index contributed by atoms with van der Waals surface area (Å²) >= 11 is 12.2. The van der Waals surface area contributed by atoms with E-state index in [0.717, 1.165) is 24.3 Å². The summed E-state index contributed by atoms with van der Waals surface area (Å²) in [5, 5.41) is 14.9. The molecule has 0 spiro atoms. The number of carboxylic acid groups (broad SMARTS) is 1. The van der Waals surface area contributed by atoms with Gasteiger partial charge in [0, 0.05) is 5.56 Å². The van der Waals surface area contributed by atoms with Crippen molar-refractivity contribution in [2.24, 2.45) is 0 Å². The molecule has 4 nitrogen and oxygen atoms in total. The first kappa shape index (κ1) is 20.5. The maximum Gasteiger partial charge on any atom is 0.308 e. The van der Waals surface area contributed by atoms with Gasteiger partial charge < -0.3 is 10.4 Å². The molecule has 2 rings (SSSR count). The van der Waals surface area contributed by atoms with E-state index in [-0.39, 0.29) is 6.42 Å². The van der Waals surface area contributed by atoms with Gasteiger partial charge in [0.2, 0.25) is 0 Å². The number of carbonyl (C=O) groups is 1. The zero-order chi connectivity index (χ0) is 17.9. The van der Waals surface area contributed by atoms with Gasteiger partial charge in [0.1, 0.15) is 15.7 Å². The summed E-state index contributed by atoms with van der Waals surface area (Å²) in [5.41, 5.74) is 2.23. The van der Waals surface area contributed by atoms with Crippen LogP contribution < -0.4 is 10.6 Å². The molecule has 24 heavy (non-hydrogen) atoms. The molecule has 2 aromatic carbocycles. The molecule has 0 aliphatic heterocycles. The predicted octanol–water partition coefficient (Wildman–Crippen LogP) is 3.76. The molecule has 0 atom stereocenters. The Bertz CT molecular complexity index is 641. The van der Waals surface area contributed by atoms with Crippen molar-refractivity contribution in [2.45, 2.75) is 20.3 Å². The highest BCUT2D eigenvalue weighted by molar-refractivity contribution is 6.38. The molecule has 0 fully saturated rings. The third kappa shape index (κ3) is 6.89. The molecule has 0 amide bonds. The second-order valence-corrected chi connectivity index (χ2v) is 5.82. The lowest BCUT2D eigenvalue weighted by Crippen LogP contribution is -2.72. The number of aliphatic carboxylic acids is 1. The average molecular weight is 370 g/mol. The smallest absolute Gasteiger partial charge is 0.308 e. The fourth-order valence-electron chi connectivity index (χ4n) is 2.05. The number of nitrogens with two attached hydrogens (primary N) is 1. The molecular weight excluding hydrogens is 347 g/mol. The van der Waals surface area contributed by atoms with Crippen molar-refractivity contribution in [3.63, 3.8) is 0 Å². The van der Waals surface area contributed by atoms with Gasteiger partial charge in [-0.15, -0.1) is 0 Å². The summed E-state index contributed by atoms with van der Waals surface area (Å²) in [7, 11) is 0. The lowest BCUT2D eigenvalue weighted by atomic mass is 10.1. The number of nitrogens with one attached hydrogen (secondary N) is 1. The predicted molar refractivity (Wildman–Crippen MR) is 99.7 cm³/mol. The quantitative estimate of drug-likeness (QED) is 0.679. The third-order valence-electron chi connectivity index (χ3n) is 3.20. The molecule has 0 bridgehead atoms. The lowest BCUT2D eigenvalue weighted by molar-refractivity contribution is -0.479. The van der Waals surface area contributed by atoms with Crippen molar-refractivity contribution < 1.29 is 15.2 Å². The van der Waals surface area contributed by atoms with E-state index >= 15 is 0 Å². The number of hydrogen-bond donors (Lipinski definition) is 3. The number of rotatable bonds is 6. The molecule has 0 heterocycles. The second kappa shape index (κ2) is 11.0. The molecule has 0 aliphatic carbocycles. The first-order valence-electron chi connectivity index (χ1n) is 7.78. The molecule has 0 aromatic heterocycles. The maximum atomic E-state index is 10.8. The van der Waals surface area contributed by atoms with E-state index in [9.17, 15) is 4.79 Å². The van der Waals surface area contributed by atoms with Gasteiger partial charge in [-0.05, 0) is 31.3 Å². The van der Waals surface area contributed by atoms with Crippen LogP contribution in [0.2, 0.25) is 10.0 Å². The Morgan fingerprint density at radius 3 is 2.12 bits per heavy atom. The zero-order valence-electron chi connectivity index (χ0n) is 13.9. The minimum Gasteiger partial charge on any atom is -0.481 e. The monoisotopic (exact) mass is 369 g/mol. The summed E-state index contributed by atoms with van der Waals surface area (Å²) < 4.78 is 0. The summed E-state index contributed by atoms with van der Waals surface area (Å²) in [6.45, 7) is 6.39. The molecule has 130 valence electrons. The standard InChI is InChI=1S/C14H11Cl2NO2.C4H11N/c15-10-5-3-6-11(16)14(10)17-12-7-2-1-4-9(12)8-13(18)19;1-3-5-4-2/h1-7,17H,8H2,(H,18,19);5H,3-4H2,1-2H3/p+1. The van der Waals surface area contributed by atoms with E-state index < -0.39 is 5.97 Å². The summed E-state index contributed by atoms with van der Waals surface area (Å²) in [4.78, 5) is 10.8. The van der Waals surface area contributed by atoms with Crippen LogP contribution in [0.3, 0.4) is 0 Å². The van der Waals surface area contributed by atoms with Crippen LogP contribution in [0.15, 0.2) is 42.5 Å². The first-order chi connectivity index (χ1) is 11.5. The minimum atomic E-state index is -0.869. The largest absolute Gasteiger partial charge is 0.481 e. The molecule has 0 saturated heterocycles. The third-order valence-corrected chi connectivity index (χ3v) is 3.86. The zero-order valence-corrected chi connectivity index (χ0v) is 15.4. The molecule has 0 unspecified atom stereocenters. The second-order valence-electron chi connectivity index (χ2n) is 5.01.